The van der Waals surface area contributed by atoms with Gasteiger partial charge in [-0.05, 0) is 44.9 Å². The molecule has 0 aromatic heterocycles. The SMILES string of the molecule is CC1CCC(C(C)(C)O)CC1O. The normalized spacial score (nSPS) is 38.2. The van der Waals surface area contributed by atoms with Crippen LogP contribution in [0.2, 0.25) is 0 Å². The fourth-order valence-electron chi connectivity index (χ4n) is 1.94. The number of hydrogen-bond donors (Lipinski definition) is 2. The van der Waals surface area contributed by atoms with Crippen molar-refractivity contribution in [1.82, 2.24) is 0 Å². The number of hydrogen-bond acceptors (Lipinski definition) is 2. The lowest BCUT2D eigenvalue weighted by molar-refractivity contribution is -0.0443. The molecule has 0 aromatic rings. The van der Waals surface area contributed by atoms with E-state index in [2.05, 4.69) is 6.92 Å². The van der Waals surface area contributed by atoms with E-state index in [-0.39, 0.29) is 12.0 Å². The van der Waals surface area contributed by atoms with Crippen LogP contribution in [0.1, 0.15) is 40.0 Å². The molecule has 0 radical (unpaired) electrons. The van der Waals surface area contributed by atoms with Gasteiger partial charge >= 0.3 is 0 Å². The molecule has 1 aliphatic carbocycles. The fraction of sp³-hybridized carbons (Fsp3) is 1.00. The van der Waals surface area contributed by atoms with Crippen molar-refractivity contribution in [2.45, 2.75) is 51.7 Å². The molecular weight excluding hydrogens is 152 g/mol. The van der Waals surface area contributed by atoms with Gasteiger partial charge < -0.3 is 10.2 Å². The summed E-state index contributed by atoms with van der Waals surface area (Å²) < 4.78 is 0. The van der Waals surface area contributed by atoms with Crippen molar-refractivity contribution >= 4 is 0 Å². The molecule has 72 valence electrons. The maximum Gasteiger partial charge on any atom is 0.0620 e. The summed E-state index contributed by atoms with van der Waals surface area (Å²) in [5.74, 6) is 0.673. The van der Waals surface area contributed by atoms with Gasteiger partial charge in [0, 0.05) is 0 Å². The Hall–Kier alpha value is -0.0800. The Kier molecular flexibility index (Phi) is 2.79. The van der Waals surface area contributed by atoms with Gasteiger partial charge in [-0.1, -0.05) is 6.92 Å². The second-order valence-corrected chi connectivity index (χ2v) is 4.71. The van der Waals surface area contributed by atoms with Gasteiger partial charge in [0.25, 0.3) is 0 Å². The molecule has 3 unspecified atom stereocenters. The van der Waals surface area contributed by atoms with Gasteiger partial charge in [-0.2, -0.15) is 0 Å². The zero-order chi connectivity index (χ0) is 9.35. The second-order valence-electron chi connectivity index (χ2n) is 4.71. The van der Waals surface area contributed by atoms with E-state index in [1.54, 1.807) is 0 Å². The standard InChI is InChI=1S/C10H20O2/c1-7-4-5-8(6-9(7)11)10(2,3)12/h7-9,11-12H,4-6H2,1-3H3. The monoisotopic (exact) mass is 172 g/mol. The minimum Gasteiger partial charge on any atom is -0.393 e. The van der Waals surface area contributed by atoms with Crippen LogP contribution in [0.25, 0.3) is 0 Å². The van der Waals surface area contributed by atoms with Crippen LogP contribution in [0.5, 0.6) is 0 Å². The van der Waals surface area contributed by atoms with Crippen LogP contribution in [0.4, 0.5) is 0 Å². The molecule has 1 saturated carbocycles. The highest BCUT2D eigenvalue weighted by Crippen LogP contribution is 2.35. The summed E-state index contributed by atoms with van der Waals surface area (Å²) in [6.45, 7) is 5.74. The average Bonchev–Trinajstić information content (AvgIpc) is 1.92. The quantitative estimate of drug-likeness (QED) is 0.630. The van der Waals surface area contributed by atoms with Gasteiger partial charge in [0.1, 0.15) is 0 Å². The largest absolute Gasteiger partial charge is 0.393 e. The van der Waals surface area contributed by atoms with E-state index >= 15 is 0 Å². The summed E-state index contributed by atoms with van der Waals surface area (Å²) in [5, 5.41) is 19.3. The summed E-state index contributed by atoms with van der Waals surface area (Å²) in [4.78, 5) is 0. The fourth-order valence-corrected chi connectivity index (χ4v) is 1.94. The first-order valence-electron chi connectivity index (χ1n) is 4.81. The molecule has 2 nitrogen and oxygen atoms in total. The summed E-state index contributed by atoms with van der Waals surface area (Å²) in [6, 6.07) is 0. The Bertz CT molecular complexity index is 148. The van der Waals surface area contributed by atoms with Crippen LogP contribution in [0, 0.1) is 11.8 Å². The molecule has 0 spiro atoms. The molecule has 1 aliphatic rings. The van der Waals surface area contributed by atoms with Crippen LogP contribution in [-0.2, 0) is 0 Å². The number of aliphatic hydroxyl groups excluding tert-OH is 1. The topological polar surface area (TPSA) is 40.5 Å². The molecule has 0 aromatic carbocycles. The Morgan fingerprint density at radius 3 is 2.25 bits per heavy atom. The molecule has 0 saturated heterocycles. The summed E-state index contributed by atoms with van der Waals surface area (Å²) >= 11 is 0. The first-order chi connectivity index (χ1) is 5.41. The Labute approximate surface area is 74.6 Å². The molecule has 2 heteroatoms. The molecule has 0 aliphatic heterocycles. The van der Waals surface area contributed by atoms with E-state index in [4.69, 9.17) is 0 Å². The van der Waals surface area contributed by atoms with Crippen molar-refractivity contribution in [2.75, 3.05) is 0 Å². The van der Waals surface area contributed by atoms with Crippen LogP contribution < -0.4 is 0 Å². The molecular formula is C10H20O2. The highest BCUT2D eigenvalue weighted by molar-refractivity contribution is 4.85. The van der Waals surface area contributed by atoms with Crippen molar-refractivity contribution in [1.29, 1.82) is 0 Å². The third-order valence-corrected chi connectivity index (χ3v) is 3.15. The molecule has 0 heterocycles. The van der Waals surface area contributed by atoms with Crippen molar-refractivity contribution in [3.05, 3.63) is 0 Å². The van der Waals surface area contributed by atoms with E-state index < -0.39 is 5.60 Å². The molecule has 0 amide bonds. The molecule has 1 fully saturated rings. The Balaban J connectivity index is 2.51. The van der Waals surface area contributed by atoms with Gasteiger partial charge in [0.15, 0.2) is 0 Å². The van der Waals surface area contributed by atoms with Gasteiger partial charge in [-0.15, -0.1) is 0 Å². The van der Waals surface area contributed by atoms with Gasteiger partial charge in [-0.25, -0.2) is 0 Å². The third kappa shape index (κ3) is 2.20. The van der Waals surface area contributed by atoms with Gasteiger partial charge in [0.05, 0.1) is 11.7 Å². The molecule has 1 rings (SSSR count). The summed E-state index contributed by atoms with van der Waals surface area (Å²) in [5.41, 5.74) is -0.624. The lowest BCUT2D eigenvalue weighted by Crippen LogP contribution is -2.39. The third-order valence-electron chi connectivity index (χ3n) is 3.15. The first kappa shape index (κ1) is 10.0. The molecule has 12 heavy (non-hydrogen) atoms. The summed E-state index contributed by atoms with van der Waals surface area (Å²) in [6.07, 6.45) is 2.62. The van der Waals surface area contributed by atoms with Crippen LogP contribution in [0.3, 0.4) is 0 Å². The minimum absolute atomic E-state index is 0.213. The smallest absolute Gasteiger partial charge is 0.0620 e. The molecule has 3 atom stereocenters. The van der Waals surface area contributed by atoms with E-state index in [1.165, 1.54) is 0 Å². The maximum atomic E-state index is 9.74. The zero-order valence-corrected chi connectivity index (χ0v) is 8.25. The lowest BCUT2D eigenvalue weighted by atomic mass is 9.74. The highest BCUT2D eigenvalue weighted by atomic mass is 16.3. The minimum atomic E-state index is -0.624. The predicted octanol–water partition coefficient (Wildman–Crippen LogP) is 1.55. The molecule has 2 N–H and O–H groups in total. The van der Waals surface area contributed by atoms with Crippen molar-refractivity contribution in [2.24, 2.45) is 11.8 Å². The van der Waals surface area contributed by atoms with Gasteiger partial charge in [0.2, 0.25) is 0 Å². The van der Waals surface area contributed by atoms with Crippen molar-refractivity contribution in [3.8, 4) is 0 Å². The summed E-state index contributed by atoms with van der Waals surface area (Å²) in [7, 11) is 0. The van der Waals surface area contributed by atoms with Crippen LogP contribution in [0.15, 0.2) is 0 Å². The number of aliphatic hydroxyl groups is 2. The van der Waals surface area contributed by atoms with E-state index in [0.29, 0.717) is 5.92 Å². The average molecular weight is 172 g/mol. The predicted molar refractivity (Wildman–Crippen MR) is 48.8 cm³/mol. The number of rotatable bonds is 1. The van der Waals surface area contributed by atoms with Gasteiger partial charge in [-0.3, -0.25) is 0 Å². The Morgan fingerprint density at radius 1 is 1.25 bits per heavy atom. The van der Waals surface area contributed by atoms with E-state index in [1.807, 2.05) is 13.8 Å². The first-order valence-corrected chi connectivity index (χ1v) is 4.81. The zero-order valence-electron chi connectivity index (χ0n) is 8.25. The molecule has 0 bridgehead atoms. The van der Waals surface area contributed by atoms with Crippen molar-refractivity contribution < 1.29 is 10.2 Å². The lowest BCUT2D eigenvalue weighted by Gasteiger charge is -2.37. The maximum absolute atomic E-state index is 9.74. The van der Waals surface area contributed by atoms with Crippen molar-refractivity contribution in [3.63, 3.8) is 0 Å². The van der Waals surface area contributed by atoms with Crippen LogP contribution in [-0.4, -0.2) is 21.9 Å². The van der Waals surface area contributed by atoms with E-state index in [0.717, 1.165) is 19.3 Å². The highest BCUT2D eigenvalue weighted by Gasteiger charge is 2.34. The Morgan fingerprint density at radius 2 is 1.83 bits per heavy atom. The second kappa shape index (κ2) is 3.35. The van der Waals surface area contributed by atoms with E-state index in [9.17, 15) is 10.2 Å². The van der Waals surface area contributed by atoms with Crippen LogP contribution >= 0.6 is 0 Å².